The molecule has 0 bridgehead atoms. The molecule has 0 spiro atoms. The Morgan fingerprint density at radius 2 is 2.32 bits per heavy atom. The molecular formula is C14H17BrN2OS. The lowest BCUT2D eigenvalue weighted by molar-refractivity contribution is 0.0775. The smallest absolute Gasteiger partial charge is 0.270 e. The van der Waals surface area contributed by atoms with E-state index in [1.165, 1.54) is 4.88 Å². The molecule has 0 radical (unpaired) electrons. The predicted octanol–water partition coefficient (Wildman–Crippen LogP) is 3.99. The van der Waals surface area contributed by atoms with Crippen molar-refractivity contribution in [3.05, 3.63) is 44.8 Å². The van der Waals surface area contributed by atoms with E-state index in [2.05, 4.69) is 28.9 Å². The van der Waals surface area contributed by atoms with Crippen molar-refractivity contribution in [2.45, 2.75) is 26.4 Å². The molecule has 2 heterocycles. The van der Waals surface area contributed by atoms with E-state index in [0.717, 1.165) is 23.1 Å². The number of aryl methyl sites for hydroxylation is 1. The number of carbonyl (C=O) groups is 1. The number of hydrogen-bond donors (Lipinski definition) is 0. The van der Waals surface area contributed by atoms with Crippen molar-refractivity contribution in [2.75, 3.05) is 7.05 Å². The minimum absolute atomic E-state index is 0.0625. The molecule has 19 heavy (non-hydrogen) atoms. The van der Waals surface area contributed by atoms with E-state index in [1.807, 2.05) is 35.3 Å². The molecule has 0 aliphatic rings. The molecule has 0 aromatic carbocycles. The second-order valence-electron chi connectivity index (χ2n) is 4.48. The number of nitrogens with zero attached hydrogens (tertiary/aromatic N) is 2. The minimum Gasteiger partial charge on any atom is -0.342 e. The Kier molecular flexibility index (Phi) is 4.82. The first-order chi connectivity index (χ1) is 9.11. The first-order valence-corrected chi connectivity index (χ1v) is 7.92. The number of hydrogen-bond acceptors (Lipinski definition) is 2. The summed E-state index contributed by atoms with van der Waals surface area (Å²) in [6, 6.07) is 5.95. The van der Waals surface area contributed by atoms with Gasteiger partial charge in [-0.25, -0.2) is 0 Å². The van der Waals surface area contributed by atoms with Crippen LogP contribution in [0.4, 0.5) is 0 Å². The van der Waals surface area contributed by atoms with Gasteiger partial charge in [-0.15, -0.1) is 11.3 Å². The highest BCUT2D eigenvalue weighted by molar-refractivity contribution is 9.10. The highest BCUT2D eigenvalue weighted by Gasteiger charge is 2.17. The van der Waals surface area contributed by atoms with E-state index in [-0.39, 0.29) is 5.91 Å². The van der Waals surface area contributed by atoms with Gasteiger partial charge >= 0.3 is 0 Å². The summed E-state index contributed by atoms with van der Waals surface area (Å²) in [5.74, 6) is 0.0625. The number of halogens is 1. The standard InChI is InChI=1S/C14H17BrN2OS/c1-3-6-17-9-11(15)8-13(17)14(18)16(2)10-12-5-4-7-19-12/h4-5,7-9H,3,6,10H2,1-2H3. The fraction of sp³-hybridized carbons (Fsp3) is 0.357. The van der Waals surface area contributed by atoms with Crippen molar-refractivity contribution in [3.8, 4) is 0 Å². The van der Waals surface area contributed by atoms with Gasteiger partial charge in [0.15, 0.2) is 0 Å². The fourth-order valence-corrected chi connectivity index (χ4v) is 3.20. The lowest BCUT2D eigenvalue weighted by atomic mass is 10.3. The second-order valence-corrected chi connectivity index (χ2v) is 6.43. The average molecular weight is 341 g/mol. The van der Waals surface area contributed by atoms with E-state index >= 15 is 0 Å². The van der Waals surface area contributed by atoms with E-state index in [1.54, 1.807) is 16.2 Å². The molecule has 0 atom stereocenters. The summed E-state index contributed by atoms with van der Waals surface area (Å²) in [7, 11) is 1.85. The normalized spacial score (nSPS) is 10.7. The van der Waals surface area contributed by atoms with Gasteiger partial charge in [0, 0.05) is 29.1 Å². The summed E-state index contributed by atoms with van der Waals surface area (Å²) in [5.41, 5.74) is 0.743. The molecule has 0 saturated heterocycles. The van der Waals surface area contributed by atoms with Gasteiger partial charge in [-0.1, -0.05) is 13.0 Å². The van der Waals surface area contributed by atoms with Crippen LogP contribution in [-0.2, 0) is 13.1 Å². The average Bonchev–Trinajstić information content (AvgIpc) is 2.98. The van der Waals surface area contributed by atoms with E-state index in [0.29, 0.717) is 6.54 Å². The molecule has 0 saturated carbocycles. The first kappa shape index (κ1) is 14.3. The van der Waals surface area contributed by atoms with Gasteiger partial charge in [0.25, 0.3) is 5.91 Å². The molecule has 2 aromatic heterocycles. The lowest BCUT2D eigenvalue weighted by Gasteiger charge is -2.17. The molecule has 2 aromatic rings. The van der Waals surface area contributed by atoms with Crippen LogP contribution in [0.5, 0.6) is 0 Å². The third kappa shape index (κ3) is 3.48. The molecule has 0 unspecified atom stereocenters. The number of rotatable bonds is 5. The van der Waals surface area contributed by atoms with Crippen LogP contribution < -0.4 is 0 Å². The monoisotopic (exact) mass is 340 g/mol. The molecular weight excluding hydrogens is 324 g/mol. The van der Waals surface area contributed by atoms with Crippen molar-refractivity contribution in [2.24, 2.45) is 0 Å². The summed E-state index contributed by atoms with van der Waals surface area (Å²) < 4.78 is 2.96. The van der Waals surface area contributed by atoms with Gasteiger partial charge in [0.05, 0.1) is 6.54 Å². The Morgan fingerprint density at radius 1 is 1.53 bits per heavy atom. The molecule has 2 rings (SSSR count). The zero-order chi connectivity index (χ0) is 13.8. The fourth-order valence-electron chi connectivity index (χ4n) is 1.98. The molecule has 0 aliphatic heterocycles. The maximum absolute atomic E-state index is 12.5. The van der Waals surface area contributed by atoms with Crippen molar-refractivity contribution in [1.29, 1.82) is 0 Å². The zero-order valence-electron chi connectivity index (χ0n) is 11.1. The van der Waals surface area contributed by atoms with Gasteiger partial charge in [-0.05, 0) is 39.9 Å². The lowest BCUT2D eigenvalue weighted by Crippen LogP contribution is -2.27. The number of thiophene rings is 1. The SMILES string of the molecule is CCCn1cc(Br)cc1C(=O)N(C)Cc1cccs1. The summed E-state index contributed by atoms with van der Waals surface area (Å²) in [5, 5.41) is 2.03. The summed E-state index contributed by atoms with van der Waals surface area (Å²) >= 11 is 5.12. The van der Waals surface area contributed by atoms with Crippen LogP contribution in [0.15, 0.2) is 34.2 Å². The molecule has 102 valence electrons. The van der Waals surface area contributed by atoms with E-state index in [9.17, 15) is 4.79 Å². The Hall–Kier alpha value is -1.07. The number of carbonyl (C=O) groups excluding carboxylic acids is 1. The third-order valence-corrected chi connectivity index (χ3v) is 4.16. The van der Waals surface area contributed by atoms with Gasteiger partial charge in [0.2, 0.25) is 0 Å². The van der Waals surface area contributed by atoms with Crippen molar-refractivity contribution >= 4 is 33.2 Å². The van der Waals surface area contributed by atoms with Crippen LogP contribution in [-0.4, -0.2) is 22.4 Å². The molecule has 5 heteroatoms. The topological polar surface area (TPSA) is 25.2 Å². The zero-order valence-corrected chi connectivity index (χ0v) is 13.5. The van der Waals surface area contributed by atoms with Crippen molar-refractivity contribution in [1.82, 2.24) is 9.47 Å². The molecule has 0 fully saturated rings. The molecule has 0 N–H and O–H groups in total. The van der Waals surface area contributed by atoms with Crippen LogP contribution in [0.1, 0.15) is 28.7 Å². The van der Waals surface area contributed by atoms with Crippen molar-refractivity contribution in [3.63, 3.8) is 0 Å². The maximum atomic E-state index is 12.5. The highest BCUT2D eigenvalue weighted by atomic mass is 79.9. The van der Waals surface area contributed by atoms with Gasteiger partial charge < -0.3 is 9.47 Å². The third-order valence-electron chi connectivity index (χ3n) is 2.87. The Bertz CT molecular complexity index is 548. The van der Waals surface area contributed by atoms with E-state index < -0.39 is 0 Å². The quantitative estimate of drug-likeness (QED) is 0.807. The Morgan fingerprint density at radius 3 is 2.95 bits per heavy atom. The maximum Gasteiger partial charge on any atom is 0.270 e. The predicted molar refractivity (Wildman–Crippen MR) is 82.5 cm³/mol. The van der Waals surface area contributed by atoms with Crippen molar-refractivity contribution < 1.29 is 4.79 Å². The number of amides is 1. The Labute approximate surface area is 126 Å². The largest absolute Gasteiger partial charge is 0.342 e. The molecule has 1 amide bonds. The molecule has 0 aliphatic carbocycles. The Balaban J connectivity index is 2.14. The molecule has 3 nitrogen and oxygen atoms in total. The van der Waals surface area contributed by atoms with Crippen LogP contribution in [0.3, 0.4) is 0 Å². The number of aromatic nitrogens is 1. The van der Waals surface area contributed by atoms with Gasteiger partial charge in [0.1, 0.15) is 5.69 Å². The van der Waals surface area contributed by atoms with E-state index in [4.69, 9.17) is 0 Å². The van der Waals surface area contributed by atoms with Crippen LogP contribution >= 0.6 is 27.3 Å². The van der Waals surface area contributed by atoms with Gasteiger partial charge in [-0.2, -0.15) is 0 Å². The van der Waals surface area contributed by atoms with Crippen LogP contribution in [0.2, 0.25) is 0 Å². The first-order valence-electron chi connectivity index (χ1n) is 6.25. The van der Waals surface area contributed by atoms with Crippen LogP contribution in [0.25, 0.3) is 0 Å². The minimum atomic E-state index is 0.0625. The summed E-state index contributed by atoms with van der Waals surface area (Å²) in [6.07, 6.45) is 2.98. The van der Waals surface area contributed by atoms with Crippen LogP contribution in [0, 0.1) is 0 Å². The summed E-state index contributed by atoms with van der Waals surface area (Å²) in [6.45, 7) is 3.63. The summed E-state index contributed by atoms with van der Waals surface area (Å²) in [4.78, 5) is 15.4. The highest BCUT2D eigenvalue weighted by Crippen LogP contribution is 2.18. The van der Waals surface area contributed by atoms with Gasteiger partial charge in [-0.3, -0.25) is 4.79 Å². The second kappa shape index (κ2) is 6.39.